The number of fused-ring (bicyclic) bond motifs is 5. The first-order valence-corrected chi connectivity index (χ1v) is 28.2. The first-order chi connectivity index (χ1) is 36.4. The van der Waals surface area contributed by atoms with E-state index in [1.165, 1.54) is 0 Å². The molecular weight excluding hydrogens is 1030 g/mol. The fourth-order valence-corrected chi connectivity index (χ4v) is 15.7. The Morgan fingerprint density at radius 1 is 0.641 bits per heavy atom. The summed E-state index contributed by atoms with van der Waals surface area (Å²) in [7, 11) is 0. The Kier molecular flexibility index (Phi) is 18.9. The minimum atomic E-state index is -1.78. The minimum absolute atomic E-state index is 0.00730. The number of allylic oxidation sites excluding steroid dienone is 1. The van der Waals surface area contributed by atoms with Gasteiger partial charge in [-0.2, -0.15) is 0 Å². The van der Waals surface area contributed by atoms with Crippen LogP contribution in [0.4, 0.5) is 0 Å². The summed E-state index contributed by atoms with van der Waals surface area (Å²) in [5.74, 6) is -0.526. The van der Waals surface area contributed by atoms with Gasteiger partial charge in [-0.15, -0.1) is 0 Å². The van der Waals surface area contributed by atoms with Crippen molar-refractivity contribution in [2.24, 2.45) is 51.2 Å². The zero-order valence-electron chi connectivity index (χ0n) is 46.3. The van der Waals surface area contributed by atoms with Gasteiger partial charge in [0.2, 0.25) is 0 Å². The summed E-state index contributed by atoms with van der Waals surface area (Å²) in [5.41, 5.74) is -2.42. The van der Waals surface area contributed by atoms with E-state index < -0.39 is 176 Å². The molecule has 450 valence electrons. The standard InChI is InChI=1S/C55H92O23/c1-23(9-13-35(52(4,5)71)78-50-47(70)44(67)40(63)31(76-50)22-73-48-45(68)42(65)38(61)29(20-57)74-48)25-15-16-53(6)32-12-10-26-27(55(32,8)33(58)18-54(25,53)7)11-14-34(51(26,2)3)77-49-46(69)43(66)39(62)30(75-49)21-72-28-17-24(19-56)36(59)41(64)37(28)60/h10,23-25,27-32,34-50,56-57,59-71H,9,11-22H2,1-8H3/t23-,24-,25?,27?,28-,29-,30-,31-,32?,34+,35-,36-,37+,38-,39-,40-,41+,42+,43+,44+,45-,46-,47-,48?,49+,50+,53+,54-,55+/m1/s1. The van der Waals surface area contributed by atoms with Crippen LogP contribution in [0.3, 0.4) is 0 Å². The summed E-state index contributed by atoms with van der Waals surface area (Å²) in [6.45, 7) is 14.0. The molecule has 8 rings (SSSR count). The fourth-order valence-electron chi connectivity index (χ4n) is 15.7. The quantitative estimate of drug-likeness (QED) is 0.0678. The Labute approximate surface area is 456 Å². The van der Waals surface area contributed by atoms with E-state index in [1.54, 1.807) is 13.8 Å². The van der Waals surface area contributed by atoms with E-state index in [0.717, 1.165) is 18.4 Å². The van der Waals surface area contributed by atoms with Crippen LogP contribution in [0.2, 0.25) is 0 Å². The smallest absolute Gasteiger partial charge is 0.187 e. The third-order valence-corrected chi connectivity index (χ3v) is 21.0. The summed E-state index contributed by atoms with van der Waals surface area (Å²) < 4.78 is 41.7. The van der Waals surface area contributed by atoms with Gasteiger partial charge in [0.05, 0.1) is 49.8 Å². The van der Waals surface area contributed by atoms with Crippen LogP contribution in [-0.4, -0.2) is 243 Å². The monoisotopic (exact) mass is 1120 g/mol. The molecule has 5 aliphatic carbocycles. The lowest BCUT2D eigenvalue weighted by atomic mass is 9.38. The summed E-state index contributed by atoms with van der Waals surface area (Å²) in [5, 5.41) is 159. The molecule has 23 heteroatoms. The molecule has 29 atom stereocenters. The Hall–Kier alpha value is -1.47. The Morgan fingerprint density at radius 3 is 1.79 bits per heavy atom. The molecule has 23 nitrogen and oxygen atoms in total. The molecule has 0 aromatic rings. The van der Waals surface area contributed by atoms with Gasteiger partial charge in [-0.1, -0.05) is 53.2 Å². The van der Waals surface area contributed by atoms with Crippen molar-refractivity contribution < 1.29 is 115 Å². The maximum absolute atomic E-state index is 15.2. The van der Waals surface area contributed by atoms with Crippen LogP contribution in [0.25, 0.3) is 0 Å². The van der Waals surface area contributed by atoms with Crippen LogP contribution >= 0.6 is 0 Å². The second-order valence-electron chi connectivity index (χ2n) is 26.2. The Bertz CT molecular complexity index is 2070. The Morgan fingerprint density at radius 2 is 1.19 bits per heavy atom. The van der Waals surface area contributed by atoms with E-state index in [2.05, 4.69) is 33.8 Å². The number of ketones is 1. The van der Waals surface area contributed by atoms with Crippen molar-refractivity contribution in [1.82, 2.24) is 0 Å². The second-order valence-corrected chi connectivity index (χ2v) is 26.2. The molecule has 0 amide bonds. The summed E-state index contributed by atoms with van der Waals surface area (Å²) in [6.07, 6.45) is -23.5. The third-order valence-electron chi connectivity index (χ3n) is 21.0. The van der Waals surface area contributed by atoms with Gasteiger partial charge >= 0.3 is 0 Å². The molecule has 8 aliphatic rings. The highest BCUT2D eigenvalue weighted by Crippen LogP contribution is 2.74. The average molecular weight is 1120 g/mol. The van der Waals surface area contributed by atoms with Crippen LogP contribution in [0.15, 0.2) is 11.6 Å². The molecule has 3 aliphatic heterocycles. The van der Waals surface area contributed by atoms with Crippen molar-refractivity contribution in [2.75, 3.05) is 26.4 Å². The maximum Gasteiger partial charge on any atom is 0.187 e. The number of Topliss-reactive ketones (excluding diaryl/α,β-unsaturated/α-hetero) is 1. The second kappa shape index (κ2) is 23.5. The molecular formula is C55H92O23. The molecule has 0 bridgehead atoms. The first-order valence-electron chi connectivity index (χ1n) is 28.2. The number of hydrogen-bond acceptors (Lipinski definition) is 23. The zero-order chi connectivity index (χ0) is 57.5. The number of carbonyl (C=O) groups excluding carboxylic acids is 1. The van der Waals surface area contributed by atoms with Crippen LogP contribution < -0.4 is 0 Å². The molecule has 0 radical (unpaired) electrons. The number of carbonyl (C=O) groups is 1. The Balaban J connectivity index is 0.910. The highest BCUT2D eigenvalue weighted by Gasteiger charge is 2.70. The number of aliphatic hydroxyl groups is 15. The predicted octanol–water partition coefficient (Wildman–Crippen LogP) is -2.36. The fraction of sp³-hybridized carbons (Fsp3) is 0.945. The van der Waals surface area contributed by atoms with Gasteiger partial charge in [-0.25, -0.2) is 0 Å². The zero-order valence-corrected chi connectivity index (χ0v) is 46.3. The lowest BCUT2D eigenvalue weighted by Crippen LogP contribution is -2.64. The number of hydrogen-bond donors (Lipinski definition) is 15. The number of aliphatic hydroxyl groups excluding tert-OH is 14. The maximum atomic E-state index is 15.2. The van der Waals surface area contributed by atoms with Gasteiger partial charge in [0.15, 0.2) is 18.9 Å². The first kappa shape index (κ1) is 62.6. The van der Waals surface area contributed by atoms with E-state index in [1.807, 2.05) is 13.8 Å². The molecule has 3 saturated heterocycles. The largest absolute Gasteiger partial charge is 0.396 e. The van der Waals surface area contributed by atoms with Crippen molar-refractivity contribution in [1.29, 1.82) is 0 Å². The summed E-state index contributed by atoms with van der Waals surface area (Å²) in [4.78, 5) is 15.2. The summed E-state index contributed by atoms with van der Waals surface area (Å²) in [6, 6.07) is 0. The van der Waals surface area contributed by atoms with Gasteiger partial charge in [-0.3, -0.25) is 4.79 Å². The molecule has 3 heterocycles. The van der Waals surface area contributed by atoms with E-state index >= 15 is 4.79 Å². The topological polar surface area (TPSA) is 385 Å². The third kappa shape index (κ3) is 11.0. The van der Waals surface area contributed by atoms with Gasteiger partial charge in [0.1, 0.15) is 91.2 Å². The SMILES string of the molecule is C[C@H](CC[C@@H](O[C@@H]1O[C@H](COC2O[C@H](CO)[C@@H](O)[C@H](O)[C@H]2O)[C@@H](O)[C@H](O)[C@H]1O)C(C)(C)O)C1CC[C@@]2(C)C3CC=C4C(CC[C@H](O[C@@H]5O[C@H](CO[C@@H]6C[C@H](CO)[C@@H](O)[C@H](O)[C@H]6O)[C@@H](O)[C@H](O)[C@H]5O)C4(C)C)[C@]3(C)C(=O)C[C@]12C. The predicted molar refractivity (Wildman–Crippen MR) is 270 cm³/mol. The lowest BCUT2D eigenvalue weighted by molar-refractivity contribution is -0.341. The molecule has 0 aromatic heterocycles. The van der Waals surface area contributed by atoms with Crippen molar-refractivity contribution >= 4 is 5.78 Å². The molecule has 15 N–H and O–H groups in total. The molecule has 4 saturated carbocycles. The van der Waals surface area contributed by atoms with E-state index in [4.69, 9.17) is 33.2 Å². The summed E-state index contributed by atoms with van der Waals surface area (Å²) >= 11 is 0. The van der Waals surface area contributed by atoms with Gasteiger partial charge in [0.25, 0.3) is 0 Å². The van der Waals surface area contributed by atoms with Crippen molar-refractivity contribution in [2.45, 2.75) is 248 Å². The van der Waals surface area contributed by atoms with E-state index in [9.17, 15) is 76.6 Å². The molecule has 4 unspecified atom stereocenters. The van der Waals surface area contributed by atoms with Crippen molar-refractivity contribution in [3.8, 4) is 0 Å². The molecule has 7 fully saturated rings. The highest BCUT2D eigenvalue weighted by atomic mass is 16.7. The number of rotatable bonds is 17. The lowest BCUT2D eigenvalue weighted by Gasteiger charge is -2.65. The van der Waals surface area contributed by atoms with Crippen molar-refractivity contribution in [3.05, 3.63) is 11.6 Å². The van der Waals surface area contributed by atoms with E-state index in [-0.39, 0.29) is 54.3 Å². The highest BCUT2D eigenvalue weighted by molar-refractivity contribution is 5.88. The normalized spacial score (nSPS) is 50.5. The minimum Gasteiger partial charge on any atom is -0.396 e. The molecule has 78 heavy (non-hydrogen) atoms. The van der Waals surface area contributed by atoms with Crippen LogP contribution in [0.1, 0.15) is 113 Å². The number of ether oxygens (including phenoxy) is 7. The van der Waals surface area contributed by atoms with Crippen LogP contribution in [0.5, 0.6) is 0 Å². The van der Waals surface area contributed by atoms with Gasteiger partial charge < -0.3 is 110 Å². The van der Waals surface area contributed by atoms with Crippen LogP contribution in [0, 0.1) is 51.2 Å². The molecule has 0 aromatic carbocycles. The molecule has 0 spiro atoms. The van der Waals surface area contributed by atoms with Gasteiger partial charge in [-0.05, 0) is 99.7 Å². The van der Waals surface area contributed by atoms with Gasteiger partial charge in [0, 0.05) is 29.8 Å². The van der Waals surface area contributed by atoms with Crippen LogP contribution in [-0.2, 0) is 38.0 Å². The van der Waals surface area contributed by atoms with Crippen molar-refractivity contribution in [3.63, 3.8) is 0 Å². The average Bonchev–Trinajstić information content (AvgIpc) is 2.95. The van der Waals surface area contributed by atoms with E-state index in [0.29, 0.717) is 32.1 Å².